The fourth-order valence-corrected chi connectivity index (χ4v) is 4.45. The Labute approximate surface area is 216 Å². The smallest absolute Gasteiger partial charge is 0.322 e. The van der Waals surface area contributed by atoms with Crippen LogP contribution in [0.5, 0.6) is 11.5 Å². The predicted molar refractivity (Wildman–Crippen MR) is 145 cm³/mol. The highest BCUT2D eigenvalue weighted by Gasteiger charge is 2.22. The van der Waals surface area contributed by atoms with E-state index >= 15 is 0 Å². The first-order valence-electron chi connectivity index (χ1n) is 11.7. The van der Waals surface area contributed by atoms with E-state index in [1.165, 1.54) is 4.90 Å². The van der Waals surface area contributed by atoms with Crippen molar-refractivity contribution in [2.24, 2.45) is 0 Å². The molecule has 190 valence electrons. The number of nitrogens with one attached hydrogen (secondary N) is 1. The first kappa shape index (κ1) is 26.8. The van der Waals surface area contributed by atoms with Crippen molar-refractivity contribution in [1.29, 1.82) is 0 Å². The van der Waals surface area contributed by atoms with Crippen LogP contribution in [0, 0.1) is 6.92 Å². The summed E-state index contributed by atoms with van der Waals surface area (Å²) in [6, 6.07) is 16.9. The van der Waals surface area contributed by atoms with E-state index in [1.807, 2.05) is 66.9 Å². The van der Waals surface area contributed by atoms with Crippen LogP contribution < -0.4 is 14.8 Å². The maximum Gasteiger partial charge on any atom is 0.322 e. The molecular weight excluding hydrogens is 474 g/mol. The van der Waals surface area contributed by atoms with Crippen LogP contribution in [-0.4, -0.2) is 55.6 Å². The van der Waals surface area contributed by atoms with Crippen molar-refractivity contribution in [2.75, 3.05) is 39.2 Å². The zero-order chi connectivity index (χ0) is 25.9. The van der Waals surface area contributed by atoms with Crippen LogP contribution in [0.3, 0.4) is 0 Å². The van der Waals surface area contributed by atoms with Gasteiger partial charge in [0, 0.05) is 23.7 Å². The largest absolute Gasteiger partial charge is 0.493 e. The van der Waals surface area contributed by atoms with Crippen LogP contribution in [0.15, 0.2) is 72.6 Å². The van der Waals surface area contributed by atoms with Crippen molar-refractivity contribution in [3.63, 3.8) is 0 Å². The maximum atomic E-state index is 13.5. The van der Waals surface area contributed by atoms with E-state index in [1.54, 1.807) is 36.5 Å². The van der Waals surface area contributed by atoms with Gasteiger partial charge in [-0.25, -0.2) is 4.79 Å². The SMILES string of the molecule is C=CCN(CC(=O)N(CCc1ccc(OC)c(OC)c1)Cc1cccs1)C(=O)Nc1ccccc1C. The second kappa shape index (κ2) is 13.3. The molecule has 3 aromatic rings. The van der Waals surface area contributed by atoms with E-state index < -0.39 is 0 Å². The number of carbonyl (C=O) groups is 2. The van der Waals surface area contributed by atoms with Crippen molar-refractivity contribution in [3.8, 4) is 11.5 Å². The second-order valence-corrected chi connectivity index (χ2v) is 9.28. The lowest BCUT2D eigenvalue weighted by Crippen LogP contribution is -2.44. The summed E-state index contributed by atoms with van der Waals surface area (Å²) >= 11 is 1.60. The van der Waals surface area contributed by atoms with Crippen molar-refractivity contribution < 1.29 is 19.1 Å². The molecule has 2 aromatic carbocycles. The number of thiophene rings is 1. The van der Waals surface area contributed by atoms with Gasteiger partial charge in [0.25, 0.3) is 0 Å². The fraction of sp³-hybridized carbons (Fsp3) is 0.286. The molecule has 0 fully saturated rings. The van der Waals surface area contributed by atoms with Gasteiger partial charge in [0.2, 0.25) is 5.91 Å². The third-order valence-electron chi connectivity index (χ3n) is 5.75. The first-order valence-corrected chi connectivity index (χ1v) is 12.6. The minimum atomic E-state index is -0.339. The number of carbonyl (C=O) groups excluding carboxylic acids is 2. The number of ether oxygens (including phenoxy) is 2. The third-order valence-corrected chi connectivity index (χ3v) is 6.61. The van der Waals surface area contributed by atoms with Crippen LogP contribution in [0.1, 0.15) is 16.0 Å². The maximum absolute atomic E-state index is 13.5. The number of amides is 3. The van der Waals surface area contributed by atoms with Gasteiger partial charge in [-0.1, -0.05) is 36.4 Å². The number of aryl methyl sites for hydroxylation is 1. The third kappa shape index (κ3) is 7.36. The molecular formula is C28H33N3O4S. The summed E-state index contributed by atoms with van der Waals surface area (Å²) in [6.07, 6.45) is 2.26. The normalized spacial score (nSPS) is 10.4. The molecule has 1 heterocycles. The molecule has 0 atom stereocenters. The predicted octanol–water partition coefficient (Wildman–Crippen LogP) is 5.37. The first-order chi connectivity index (χ1) is 17.4. The molecule has 0 radical (unpaired) electrons. The fourth-order valence-electron chi connectivity index (χ4n) is 3.73. The molecule has 0 saturated heterocycles. The van der Waals surface area contributed by atoms with Gasteiger partial charge in [0.05, 0.1) is 20.8 Å². The molecule has 0 aliphatic carbocycles. The number of hydrogen-bond donors (Lipinski definition) is 1. The van der Waals surface area contributed by atoms with E-state index in [2.05, 4.69) is 11.9 Å². The number of nitrogens with zero attached hydrogens (tertiary/aromatic N) is 2. The molecule has 1 aromatic heterocycles. The van der Waals surface area contributed by atoms with E-state index in [-0.39, 0.29) is 25.0 Å². The minimum Gasteiger partial charge on any atom is -0.493 e. The van der Waals surface area contributed by atoms with Crippen LogP contribution in [0.4, 0.5) is 10.5 Å². The lowest BCUT2D eigenvalue weighted by Gasteiger charge is -2.27. The quantitative estimate of drug-likeness (QED) is 0.335. The number of benzene rings is 2. The summed E-state index contributed by atoms with van der Waals surface area (Å²) in [5, 5.41) is 4.90. The van der Waals surface area contributed by atoms with Gasteiger partial charge in [-0.05, 0) is 54.1 Å². The molecule has 0 spiro atoms. The Hall–Kier alpha value is -3.78. The van der Waals surface area contributed by atoms with Gasteiger partial charge in [0.1, 0.15) is 6.54 Å². The summed E-state index contributed by atoms with van der Waals surface area (Å²) in [5.41, 5.74) is 2.69. The molecule has 0 unspecified atom stereocenters. The van der Waals surface area contributed by atoms with Gasteiger partial charge in [0.15, 0.2) is 11.5 Å². The van der Waals surface area contributed by atoms with Crippen molar-refractivity contribution in [2.45, 2.75) is 19.9 Å². The summed E-state index contributed by atoms with van der Waals surface area (Å²) in [4.78, 5) is 30.8. The number of hydrogen-bond acceptors (Lipinski definition) is 5. The minimum absolute atomic E-state index is 0.0545. The van der Waals surface area contributed by atoms with Gasteiger partial charge >= 0.3 is 6.03 Å². The Morgan fingerprint density at radius 2 is 1.81 bits per heavy atom. The second-order valence-electron chi connectivity index (χ2n) is 8.25. The van der Waals surface area contributed by atoms with E-state index in [9.17, 15) is 9.59 Å². The van der Waals surface area contributed by atoms with Crippen molar-refractivity contribution in [1.82, 2.24) is 9.80 Å². The highest BCUT2D eigenvalue weighted by atomic mass is 32.1. The standard InChI is InChI=1S/C28H33N3O4S/c1-5-15-31(28(33)29-24-11-7-6-9-21(24)2)20-27(32)30(19-23-10-8-17-36-23)16-14-22-12-13-25(34-3)26(18-22)35-4/h5-13,17-18H,1,14-16,19-20H2,2-4H3,(H,29,33). The van der Waals surface area contributed by atoms with Gasteiger partial charge in [-0.2, -0.15) is 0 Å². The van der Waals surface area contributed by atoms with Crippen molar-refractivity contribution in [3.05, 3.63) is 88.6 Å². The van der Waals surface area contributed by atoms with Gasteiger partial charge in [-0.3, -0.25) is 4.79 Å². The summed E-state index contributed by atoms with van der Waals surface area (Å²) < 4.78 is 10.7. The van der Waals surface area contributed by atoms with E-state index in [0.717, 1.165) is 16.0 Å². The molecule has 0 bridgehead atoms. The highest BCUT2D eigenvalue weighted by molar-refractivity contribution is 7.09. The molecule has 1 N–H and O–H groups in total. The molecule has 3 amide bonds. The number of para-hydroxylation sites is 1. The number of methoxy groups -OCH3 is 2. The monoisotopic (exact) mass is 507 g/mol. The molecule has 0 saturated carbocycles. The molecule has 0 aliphatic rings. The summed E-state index contributed by atoms with van der Waals surface area (Å²) in [7, 11) is 3.20. The lowest BCUT2D eigenvalue weighted by molar-refractivity contribution is -0.132. The highest BCUT2D eigenvalue weighted by Crippen LogP contribution is 2.28. The Morgan fingerprint density at radius 1 is 1.03 bits per heavy atom. The van der Waals surface area contributed by atoms with Gasteiger partial charge in [-0.15, -0.1) is 17.9 Å². The van der Waals surface area contributed by atoms with Crippen LogP contribution in [-0.2, 0) is 17.8 Å². The summed E-state index contributed by atoms with van der Waals surface area (Å²) in [6.45, 7) is 6.86. The topological polar surface area (TPSA) is 71.1 Å². The lowest BCUT2D eigenvalue weighted by atomic mass is 10.1. The van der Waals surface area contributed by atoms with Gasteiger partial charge < -0.3 is 24.6 Å². The molecule has 3 rings (SSSR count). The Balaban J connectivity index is 1.73. The van der Waals surface area contributed by atoms with Crippen molar-refractivity contribution >= 4 is 29.0 Å². The molecule has 0 aliphatic heterocycles. The van der Waals surface area contributed by atoms with Crippen LogP contribution in [0.25, 0.3) is 0 Å². The molecule has 7 nitrogen and oxygen atoms in total. The zero-order valence-corrected chi connectivity index (χ0v) is 21.8. The number of rotatable bonds is 12. The van der Waals surface area contributed by atoms with E-state index in [4.69, 9.17) is 9.47 Å². The molecule has 8 heteroatoms. The van der Waals surface area contributed by atoms with E-state index in [0.29, 0.717) is 36.7 Å². The average molecular weight is 508 g/mol. The zero-order valence-electron chi connectivity index (χ0n) is 21.0. The van der Waals surface area contributed by atoms with Crippen LogP contribution in [0.2, 0.25) is 0 Å². The Morgan fingerprint density at radius 3 is 2.47 bits per heavy atom. The Kier molecular flexibility index (Phi) is 9.94. The molecule has 36 heavy (non-hydrogen) atoms. The average Bonchev–Trinajstić information content (AvgIpc) is 3.40. The summed E-state index contributed by atoms with van der Waals surface area (Å²) in [5.74, 6) is 1.18. The number of anilines is 1. The number of urea groups is 1. The Bertz CT molecular complexity index is 1160. The van der Waals surface area contributed by atoms with Crippen LogP contribution >= 0.6 is 11.3 Å².